The van der Waals surface area contributed by atoms with E-state index in [1.54, 1.807) is 0 Å². The van der Waals surface area contributed by atoms with Crippen molar-refractivity contribution >= 4 is 11.2 Å². The molecule has 3 rings (SSSR count). The number of imidazole rings is 1. The summed E-state index contributed by atoms with van der Waals surface area (Å²) >= 11 is 0. The fourth-order valence-electron chi connectivity index (χ4n) is 2.50. The molecule has 0 radical (unpaired) electrons. The number of nitrogens with one attached hydrogen (secondary N) is 2. The molecule has 0 bridgehead atoms. The van der Waals surface area contributed by atoms with E-state index in [1.807, 2.05) is 13.1 Å². The van der Waals surface area contributed by atoms with Crippen LogP contribution in [0.4, 0.5) is 0 Å². The molecule has 0 spiro atoms. The van der Waals surface area contributed by atoms with Gasteiger partial charge in [0.25, 0.3) is 0 Å². The number of piperidine rings is 1. The first kappa shape index (κ1) is 9.78. The molecule has 0 aromatic carbocycles. The van der Waals surface area contributed by atoms with E-state index in [-0.39, 0.29) is 0 Å². The molecule has 1 fully saturated rings. The van der Waals surface area contributed by atoms with Crippen molar-refractivity contribution in [2.75, 3.05) is 13.1 Å². The van der Waals surface area contributed by atoms with Crippen molar-refractivity contribution in [1.29, 1.82) is 0 Å². The van der Waals surface area contributed by atoms with Crippen LogP contribution in [0.1, 0.15) is 30.1 Å². The molecule has 2 aromatic heterocycles. The maximum absolute atomic E-state index is 4.38. The summed E-state index contributed by atoms with van der Waals surface area (Å²) in [5.74, 6) is 1.54. The van der Waals surface area contributed by atoms with Crippen LogP contribution >= 0.6 is 0 Å². The Bertz CT molecular complexity index is 497. The SMILES string of the molecule is Cc1nc2nccc(C3CCCNC3)c2[nH]1. The number of nitrogens with zero attached hydrogens (tertiary/aromatic N) is 2. The van der Waals surface area contributed by atoms with E-state index in [0.717, 1.165) is 30.1 Å². The third-order valence-corrected chi connectivity index (χ3v) is 3.28. The number of H-pyrrole nitrogens is 1. The third-order valence-electron chi connectivity index (χ3n) is 3.28. The van der Waals surface area contributed by atoms with E-state index < -0.39 is 0 Å². The Labute approximate surface area is 94.5 Å². The van der Waals surface area contributed by atoms with Gasteiger partial charge in [0, 0.05) is 12.7 Å². The van der Waals surface area contributed by atoms with E-state index in [1.165, 1.54) is 18.4 Å². The zero-order valence-electron chi connectivity index (χ0n) is 9.45. The van der Waals surface area contributed by atoms with Gasteiger partial charge in [0.05, 0.1) is 5.52 Å². The van der Waals surface area contributed by atoms with Gasteiger partial charge in [-0.3, -0.25) is 0 Å². The summed E-state index contributed by atoms with van der Waals surface area (Å²) in [6, 6.07) is 2.12. The van der Waals surface area contributed by atoms with E-state index in [0.29, 0.717) is 5.92 Å². The first-order chi connectivity index (χ1) is 7.84. The molecule has 0 aliphatic carbocycles. The van der Waals surface area contributed by atoms with Crippen molar-refractivity contribution < 1.29 is 0 Å². The second-order valence-electron chi connectivity index (χ2n) is 4.46. The minimum Gasteiger partial charge on any atom is -0.341 e. The molecule has 2 aromatic rings. The van der Waals surface area contributed by atoms with Gasteiger partial charge < -0.3 is 10.3 Å². The number of hydrogen-bond acceptors (Lipinski definition) is 3. The predicted molar refractivity (Wildman–Crippen MR) is 63.5 cm³/mol. The Kier molecular flexibility index (Phi) is 2.36. The van der Waals surface area contributed by atoms with Crippen LogP contribution in [0, 0.1) is 6.92 Å². The Hall–Kier alpha value is -1.42. The van der Waals surface area contributed by atoms with Gasteiger partial charge in [0.2, 0.25) is 0 Å². The van der Waals surface area contributed by atoms with Crippen molar-refractivity contribution in [3.8, 4) is 0 Å². The van der Waals surface area contributed by atoms with Crippen molar-refractivity contribution in [3.63, 3.8) is 0 Å². The molecule has 1 atom stereocenters. The zero-order valence-corrected chi connectivity index (χ0v) is 9.45. The Balaban J connectivity index is 2.07. The summed E-state index contributed by atoms with van der Waals surface area (Å²) in [5.41, 5.74) is 3.33. The van der Waals surface area contributed by atoms with Crippen LogP contribution in [0.3, 0.4) is 0 Å². The van der Waals surface area contributed by atoms with Crippen molar-refractivity contribution in [2.45, 2.75) is 25.7 Å². The summed E-state index contributed by atoms with van der Waals surface area (Å²) < 4.78 is 0. The highest BCUT2D eigenvalue weighted by atomic mass is 15.0. The van der Waals surface area contributed by atoms with Crippen molar-refractivity contribution in [2.24, 2.45) is 0 Å². The summed E-state index contributed by atoms with van der Waals surface area (Å²) in [7, 11) is 0. The molecule has 4 nitrogen and oxygen atoms in total. The highest BCUT2D eigenvalue weighted by molar-refractivity contribution is 5.75. The van der Waals surface area contributed by atoms with Gasteiger partial charge in [-0.25, -0.2) is 9.97 Å². The zero-order chi connectivity index (χ0) is 11.0. The van der Waals surface area contributed by atoms with Gasteiger partial charge in [-0.05, 0) is 43.9 Å². The summed E-state index contributed by atoms with van der Waals surface area (Å²) in [6.07, 6.45) is 4.37. The monoisotopic (exact) mass is 216 g/mol. The van der Waals surface area contributed by atoms with Crippen LogP contribution < -0.4 is 5.32 Å². The highest BCUT2D eigenvalue weighted by Crippen LogP contribution is 2.27. The topological polar surface area (TPSA) is 53.6 Å². The summed E-state index contributed by atoms with van der Waals surface area (Å²) in [5, 5.41) is 3.45. The van der Waals surface area contributed by atoms with Gasteiger partial charge in [-0.1, -0.05) is 0 Å². The Morgan fingerprint density at radius 3 is 3.19 bits per heavy atom. The predicted octanol–water partition coefficient (Wildman–Crippen LogP) is 1.73. The number of aromatic nitrogens is 3. The maximum atomic E-state index is 4.38. The molecule has 1 saturated heterocycles. The van der Waals surface area contributed by atoms with Gasteiger partial charge in [0.15, 0.2) is 5.65 Å². The van der Waals surface area contributed by atoms with Crippen LogP contribution in [-0.4, -0.2) is 28.0 Å². The number of pyridine rings is 1. The van der Waals surface area contributed by atoms with Gasteiger partial charge in [0.1, 0.15) is 5.82 Å². The lowest BCUT2D eigenvalue weighted by molar-refractivity contribution is 0.463. The maximum Gasteiger partial charge on any atom is 0.177 e. The van der Waals surface area contributed by atoms with Crippen LogP contribution in [-0.2, 0) is 0 Å². The quantitative estimate of drug-likeness (QED) is 0.763. The minimum absolute atomic E-state index is 0.596. The van der Waals surface area contributed by atoms with E-state index >= 15 is 0 Å². The number of rotatable bonds is 1. The summed E-state index contributed by atoms with van der Waals surface area (Å²) in [4.78, 5) is 12.0. The number of aryl methyl sites for hydroxylation is 1. The molecule has 4 heteroatoms. The first-order valence-electron chi connectivity index (χ1n) is 5.86. The second-order valence-corrected chi connectivity index (χ2v) is 4.46. The van der Waals surface area contributed by atoms with Crippen LogP contribution in [0.2, 0.25) is 0 Å². The van der Waals surface area contributed by atoms with Crippen molar-refractivity contribution in [1.82, 2.24) is 20.3 Å². The smallest absolute Gasteiger partial charge is 0.177 e. The molecule has 0 amide bonds. The van der Waals surface area contributed by atoms with Crippen molar-refractivity contribution in [3.05, 3.63) is 23.7 Å². The lowest BCUT2D eigenvalue weighted by Gasteiger charge is -2.23. The summed E-state index contributed by atoms with van der Waals surface area (Å²) in [6.45, 7) is 4.19. The van der Waals surface area contributed by atoms with E-state index in [9.17, 15) is 0 Å². The molecule has 1 unspecified atom stereocenters. The second kappa shape index (κ2) is 3.87. The van der Waals surface area contributed by atoms with E-state index in [4.69, 9.17) is 0 Å². The Morgan fingerprint density at radius 1 is 1.44 bits per heavy atom. The third kappa shape index (κ3) is 1.59. The fourth-order valence-corrected chi connectivity index (χ4v) is 2.50. The molecule has 84 valence electrons. The molecular formula is C12H16N4. The Morgan fingerprint density at radius 2 is 2.38 bits per heavy atom. The van der Waals surface area contributed by atoms with Gasteiger partial charge in [-0.15, -0.1) is 0 Å². The fraction of sp³-hybridized carbons (Fsp3) is 0.500. The largest absolute Gasteiger partial charge is 0.341 e. The van der Waals surface area contributed by atoms with Crippen LogP contribution in [0.15, 0.2) is 12.3 Å². The first-order valence-corrected chi connectivity index (χ1v) is 5.86. The van der Waals surface area contributed by atoms with E-state index in [2.05, 4.69) is 26.3 Å². The molecule has 1 aliphatic heterocycles. The molecule has 16 heavy (non-hydrogen) atoms. The van der Waals surface area contributed by atoms with Gasteiger partial charge >= 0.3 is 0 Å². The van der Waals surface area contributed by atoms with Crippen LogP contribution in [0.25, 0.3) is 11.2 Å². The number of hydrogen-bond donors (Lipinski definition) is 2. The average Bonchev–Trinajstić information content (AvgIpc) is 2.70. The number of aromatic amines is 1. The number of fused-ring (bicyclic) bond motifs is 1. The van der Waals surface area contributed by atoms with Crippen LogP contribution in [0.5, 0.6) is 0 Å². The normalized spacial score (nSPS) is 21.4. The minimum atomic E-state index is 0.596. The lowest BCUT2D eigenvalue weighted by atomic mass is 9.92. The molecule has 1 aliphatic rings. The average molecular weight is 216 g/mol. The molecule has 3 heterocycles. The molecule has 0 saturated carbocycles. The standard InChI is InChI=1S/C12H16N4/c1-8-15-11-10(4-6-14-12(11)16-8)9-3-2-5-13-7-9/h4,6,9,13H,2-3,5,7H2,1H3,(H,14,15,16). The molecule has 2 N–H and O–H groups in total. The molecular weight excluding hydrogens is 200 g/mol. The van der Waals surface area contributed by atoms with Gasteiger partial charge in [-0.2, -0.15) is 0 Å². The highest BCUT2D eigenvalue weighted by Gasteiger charge is 2.18. The lowest BCUT2D eigenvalue weighted by Crippen LogP contribution is -2.28.